The number of rotatable bonds is 7. The van der Waals surface area contributed by atoms with Crippen LogP contribution in [0.3, 0.4) is 0 Å². The van der Waals surface area contributed by atoms with Crippen molar-refractivity contribution in [2.45, 2.75) is 17.9 Å². The lowest BCUT2D eigenvalue weighted by atomic mass is 10.2. The fourth-order valence-electron chi connectivity index (χ4n) is 3.29. The van der Waals surface area contributed by atoms with Crippen LogP contribution in [0.1, 0.15) is 6.92 Å². The third-order valence-corrected chi connectivity index (χ3v) is 7.02. The number of anilines is 1. The number of piperazine rings is 1. The van der Waals surface area contributed by atoms with Gasteiger partial charge in [-0.25, -0.2) is 8.42 Å². The van der Waals surface area contributed by atoms with E-state index in [1.807, 2.05) is 4.90 Å². The Morgan fingerprint density at radius 1 is 1.13 bits per heavy atom. The van der Waals surface area contributed by atoms with Gasteiger partial charge in [-0.05, 0) is 31.2 Å². The van der Waals surface area contributed by atoms with Crippen molar-refractivity contribution in [1.82, 2.24) is 14.2 Å². The maximum Gasteiger partial charge on any atom is 0.244 e. The summed E-state index contributed by atoms with van der Waals surface area (Å²) in [6.45, 7) is 3.30. The molecule has 1 aliphatic rings. The van der Waals surface area contributed by atoms with Gasteiger partial charge < -0.3 is 14.8 Å². The maximum atomic E-state index is 12.8. The molecule has 10 heteroatoms. The van der Waals surface area contributed by atoms with Crippen LogP contribution in [-0.2, 0) is 14.8 Å². The number of pyridine rings is 1. The second kappa shape index (κ2) is 9.41. The van der Waals surface area contributed by atoms with E-state index in [4.69, 9.17) is 9.47 Å². The van der Waals surface area contributed by atoms with Crippen molar-refractivity contribution in [3.05, 3.63) is 42.7 Å². The van der Waals surface area contributed by atoms with Crippen LogP contribution in [0.2, 0.25) is 0 Å². The molecule has 1 aromatic heterocycles. The zero-order valence-corrected chi connectivity index (χ0v) is 18.1. The number of nitrogens with one attached hydrogen (secondary N) is 1. The zero-order chi connectivity index (χ0) is 21.7. The largest absolute Gasteiger partial charge is 0.497 e. The minimum Gasteiger partial charge on any atom is -0.497 e. The monoisotopic (exact) mass is 434 g/mol. The first-order valence-electron chi connectivity index (χ1n) is 9.54. The minimum absolute atomic E-state index is 0.175. The zero-order valence-electron chi connectivity index (χ0n) is 17.2. The molecule has 2 aromatic rings. The van der Waals surface area contributed by atoms with Gasteiger partial charge in [-0.1, -0.05) is 0 Å². The van der Waals surface area contributed by atoms with Gasteiger partial charge in [0.25, 0.3) is 0 Å². The standard InChI is InChI=1S/C20H26N4O5S/c1-15(20(25)22-18-13-16(28-2)6-7-19(18)29-3)23-9-11-24(12-10-23)30(26,27)17-5-4-8-21-14-17/h4-8,13-15H,9-12H2,1-3H3,(H,22,25). The van der Waals surface area contributed by atoms with E-state index in [2.05, 4.69) is 10.3 Å². The quantitative estimate of drug-likeness (QED) is 0.703. The van der Waals surface area contributed by atoms with Crippen LogP contribution in [-0.4, -0.2) is 75.0 Å². The summed E-state index contributed by atoms with van der Waals surface area (Å²) in [5.74, 6) is 0.932. The lowest BCUT2D eigenvalue weighted by Crippen LogP contribution is -2.53. The molecule has 1 unspecified atom stereocenters. The van der Waals surface area contributed by atoms with E-state index in [0.717, 1.165) is 0 Å². The lowest BCUT2D eigenvalue weighted by molar-refractivity contribution is -0.121. The van der Waals surface area contributed by atoms with E-state index in [0.29, 0.717) is 43.4 Å². The number of methoxy groups -OCH3 is 2. The molecule has 0 spiro atoms. The average molecular weight is 435 g/mol. The number of carbonyl (C=O) groups is 1. The molecule has 1 saturated heterocycles. The van der Waals surface area contributed by atoms with Gasteiger partial charge >= 0.3 is 0 Å². The predicted octanol–water partition coefficient (Wildman–Crippen LogP) is 1.43. The Balaban J connectivity index is 1.63. The Kier molecular flexibility index (Phi) is 6.91. The van der Waals surface area contributed by atoms with Crippen molar-refractivity contribution in [3.8, 4) is 11.5 Å². The lowest BCUT2D eigenvalue weighted by Gasteiger charge is -2.36. The summed E-state index contributed by atoms with van der Waals surface area (Å²) in [5, 5.41) is 2.87. The molecule has 0 saturated carbocycles. The molecule has 30 heavy (non-hydrogen) atoms. The van der Waals surface area contributed by atoms with Gasteiger partial charge in [-0.2, -0.15) is 4.31 Å². The SMILES string of the molecule is COc1ccc(OC)c(NC(=O)C(C)N2CCN(S(=O)(=O)c3cccnc3)CC2)c1. The number of carbonyl (C=O) groups excluding carboxylic acids is 1. The Bertz CT molecular complexity index is 976. The number of amides is 1. The third-order valence-electron chi connectivity index (χ3n) is 5.14. The van der Waals surface area contributed by atoms with Gasteiger partial charge in [0, 0.05) is 44.6 Å². The molecule has 0 radical (unpaired) electrons. The fraction of sp³-hybridized carbons (Fsp3) is 0.400. The summed E-state index contributed by atoms with van der Waals surface area (Å²) in [6.07, 6.45) is 2.88. The molecule has 1 fully saturated rings. The smallest absolute Gasteiger partial charge is 0.244 e. The highest BCUT2D eigenvalue weighted by molar-refractivity contribution is 7.89. The molecule has 0 aliphatic carbocycles. The first-order chi connectivity index (χ1) is 14.4. The normalized spacial score (nSPS) is 16.6. The molecule has 0 bridgehead atoms. The van der Waals surface area contributed by atoms with Gasteiger partial charge in [0.05, 0.1) is 25.9 Å². The van der Waals surface area contributed by atoms with Crippen LogP contribution in [0.5, 0.6) is 11.5 Å². The highest BCUT2D eigenvalue weighted by Crippen LogP contribution is 2.29. The highest BCUT2D eigenvalue weighted by atomic mass is 32.2. The molecular formula is C20H26N4O5S. The molecule has 1 atom stereocenters. The minimum atomic E-state index is -3.58. The molecule has 1 aliphatic heterocycles. The molecule has 1 amide bonds. The fourth-order valence-corrected chi connectivity index (χ4v) is 4.68. The van der Waals surface area contributed by atoms with Crippen molar-refractivity contribution in [2.24, 2.45) is 0 Å². The third kappa shape index (κ3) is 4.72. The molecule has 162 valence electrons. The molecule has 1 N–H and O–H groups in total. The molecule has 9 nitrogen and oxygen atoms in total. The van der Waals surface area contributed by atoms with Gasteiger partial charge in [-0.15, -0.1) is 0 Å². The number of hydrogen-bond donors (Lipinski definition) is 1. The van der Waals surface area contributed by atoms with Crippen LogP contribution < -0.4 is 14.8 Å². The second-order valence-electron chi connectivity index (χ2n) is 6.86. The second-order valence-corrected chi connectivity index (χ2v) is 8.80. The van der Waals surface area contributed by atoms with Crippen LogP contribution in [0.4, 0.5) is 5.69 Å². The van der Waals surface area contributed by atoms with Crippen molar-refractivity contribution in [2.75, 3.05) is 45.7 Å². The summed E-state index contributed by atoms with van der Waals surface area (Å²) >= 11 is 0. The van der Waals surface area contributed by atoms with E-state index < -0.39 is 16.1 Å². The van der Waals surface area contributed by atoms with Crippen molar-refractivity contribution in [3.63, 3.8) is 0 Å². The predicted molar refractivity (Wildman–Crippen MR) is 112 cm³/mol. The number of aromatic nitrogens is 1. The van der Waals surface area contributed by atoms with E-state index in [-0.39, 0.29) is 10.8 Å². The van der Waals surface area contributed by atoms with E-state index in [9.17, 15) is 13.2 Å². The highest BCUT2D eigenvalue weighted by Gasteiger charge is 2.32. The van der Waals surface area contributed by atoms with E-state index in [1.54, 1.807) is 38.3 Å². The summed E-state index contributed by atoms with van der Waals surface area (Å²) < 4.78 is 37.4. The van der Waals surface area contributed by atoms with Crippen molar-refractivity contribution >= 4 is 21.6 Å². The molecular weight excluding hydrogens is 408 g/mol. The van der Waals surface area contributed by atoms with Crippen molar-refractivity contribution < 1.29 is 22.7 Å². The van der Waals surface area contributed by atoms with Crippen LogP contribution in [0, 0.1) is 0 Å². The Hall–Kier alpha value is -2.69. The van der Waals surface area contributed by atoms with Crippen LogP contribution in [0.15, 0.2) is 47.6 Å². The summed E-state index contributed by atoms with van der Waals surface area (Å²) in [6, 6.07) is 7.86. The Labute approximate surface area is 176 Å². The Morgan fingerprint density at radius 3 is 2.47 bits per heavy atom. The van der Waals surface area contributed by atoms with Gasteiger partial charge in [0.15, 0.2) is 0 Å². The first kappa shape index (κ1) is 22.0. The van der Waals surface area contributed by atoms with Gasteiger partial charge in [-0.3, -0.25) is 14.7 Å². The van der Waals surface area contributed by atoms with Gasteiger partial charge in [0.2, 0.25) is 15.9 Å². The summed E-state index contributed by atoms with van der Waals surface area (Å²) in [7, 11) is -0.502. The number of benzene rings is 1. The van der Waals surface area contributed by atoms with E-state index in [1.165, 1.54) is 29.9 Å². The molecule has 3 rings (SSSR count). The van der Waals surface area contributed by atoms with Crippen LogP contribution >= 0.6 is 0 Å². The molecule has 1 aromatic carbocycles. The molecule has 2 heterocycles. The number of hydrogen-bond acceptors (Lipinski definition) is 7. The first-order valence-corrected chi connectivity index (χ1v) is 11.0. The van der Waals surface area contributed by atoms with Crippen LogP contribution in [0.25, 0.3) is 0 Å². The topological polar surface area (TPSA) is 101 Å². The average Bonchev–Trinajstić information content (AvgIpc) is 2.79. The maximum absolute atomic E-state index is 12.8. The summed E-state index contributed by atoms with van der Waals surface area (Å²) in [5.41, 5.74) is 0.520. The number of ether oxygens (including phenoxy) is 2. The van der Waals surface area contributed by atoms with Crippen molar-refractivity contribution in [1.29, 1.82) is 0 Å². The van der Waals surface area contributed by atoms with E-state index >= 15 is 0 Å². The number of nitrogens with zero attached hydrogens (tertiary/aromatic N) is 3. The number of sulfonamides is 1. The Morgan fingerprint density at radius 2 is 1.87 bits per heavy atom. The summed E-state index contributed by atoms with van der Waals surface area (Å²) in [4.78, 5) is 18.8. The van der Waals surface area contributed by atoms with Gasteiger partial charge in [0.1, 0.15) is 16.4 Å².